The third-order valence-electron chi connectivity index (χ3n) is 1.80. The largest absolute Gasteiger partial charge is 0.376 e. The van der Waals surface area contributed by atoms with Crippen LogP contribution in [0, 0.1) is 10.1 Å². The normalized spacial score (nSPS) is 9.71. The molecule has 0 saturated heterocycles. The number of carbonyl (C=O) groups is 1. The van der Waals surface area contributed by atoms with E-state index in [0.717, 1.165) is 6.20 Å². The molecule has 1 rings (SSSR count). The molecule has 0 bridgehead atoms. The van der Waals surface area contributed by atoms with Crippen LogP contribution in [0.1, 0.15) is 0 Å². The first kappa shape index (κ1) is 13.0. The molecule has 92 valence electrons. The van der Waals surface area contributed by atoms with E-state index in [1.165, 1.54) is 6.20 Å². The summed E-state index contributed by atoms with van der Waals surface area (Å²) in [5.41, 5.74) is 4.80. The first-order valence-corrected chi connectivity index (χ1v) is 4.95. The number of halogens is 1. The summed E-state index contributed by atoms with van der Waals surface area (Å²) in [4.78, 5) is 24.1. The molecule has 0 aliphatic carbocycles. The van der Waals surface area contributed by atoms with Crippen molar-refractivity contribution < 1.29 is 9.72 Å². The molecule has 1 aromatic heterocycles. The molecule has 8 nitrogen and oxygen atoms in total. The van der Waals surface area contributed by atoms with Gasteiger partial charge in [0, 0.05) is 19.3 Å². The zero-order valence-corrected chi connectivity index (χ0v) is 9.40. The Kier molecular flexibility index (Phi) is 4.46. The lowest BCUT2D eigenvalue weighted by Crippen LogP contribution is -2.33. The predicted molar refractivity (Wildman–Crippen MR) is 62.0 cm³/mol. The summed E-state index contributed by atoms with van der Waals surface area (Å²) in [5, 5.41) is 15.9. The van der Waals surface area contributed by atoms with Crippen LogP contribution in [0.2, 0.25) is 5.02 Å². The Balaban J connectivity index is 2.69. The molecule has 0 aromatic carbocycles. The number of carbonyl (C=O) groups excluding carboxylic acids is 1. The first-order valence-electron chi connectivity index (χ1n) is 4.57. The van der Waals surface area contributed by atoms with Gasteiger partial charge in [-0.25, -0.2) is 4.79 Å². The van der Waals surface area contributed by atoms with Crippen molar-refractivity contribution in [3.05, 3.63) is 27.5 Å². The van der Waals surface area contributed by atoms with Gasteiger partial charge in [-0.05, 0) is 0 Å². The molecule has 17 heavy (non-hydrogen) atoms. The molecule has 0 saturated carbocycles. The number of urea groups is 1. The van der Waals surface area contributed by atoms with Crippen molar-refractivity contribution in [2.75, 3.05) is 18.4 Å². The Morgan fingerprint density at radius 2 is 2.24 bits per heavy atom. The Morgan fingerprint density at radius 1 is 1.53 bits per heavy atom. The molecule has 0 radical (unpaired) electrons. The van der Waals surface area contributed by atoms with Crippen molar-refractivity contribution in [3.63, 3.8) is 0 Å². The molecule has 9 heteroatoms. The number of aromatic nitrogens is 1. The minimum absolute atomic E-state index is 0.137. The Hall–Kier alpha value is -2.09. The number of rotatable bonds is 5. The van der Waals surface area contributed by atoms with Gasteiger partial charge in [0.25, 0.3) is 0 Å². The molecule has 1 heterocycles. The van der Waals surface area contributed by atoms with Crippen molar-refractivity contribution >= 4 is 29.0 Å². The number of nitrogens with zero attached hydrogens (tertiary/aromatic N) is 2. The molecule has 0 fully saturated rings. The van der Waals surface area contributed by atoms with Crippen LogP contribution in [0.4, 0.5) is 16.2 Å². The number of anilines is 1. The Bertz CT molecular complexity index is 439. The lowest BCUT2D eigenvalue weighted by Gasteiger charge is -2.08. The van der Waals surface area contributed by atoms with Crippen LogP contribution >= 0.6 is 11.6 Å². The summed E-state index contributed by atoms with van der Waals surface area (Å²) in [6.07, 6.45) is 2.38. The topological polar surface area (TPSA) is 123 Å². The van der Waals surface area contributed by atoms with Gasteiger partial charge in [0.05, 0.1) is 9.95 Å². The molecular formula is C8H10ClN5O3. The van der Waals surface area contributed by atoms with Crippen LogP contribution in [-0.4, -0.2) is 29.0 Å². The molecule has 4 N–H and O–H groups in total. The summed E-state index contributed by atoms with van der Waals surface area (Å²) >= 11 is 5.77. The maximum Gasteiger partial charge on any atom is 0.312 e. The average molecular weight is 260 g/mol. The summed E-state index contributed by atoms with van der Waals surface area (Å²) < 4.78 is 0. The second kappa shape index (κ2) is 5.85. The fourth-order valence-corrected chi connectivity index (χ4v) is 1.33. The summed E-state index contributed by atoms with van der Waals surface area (Å²) in [7, 11) is 0. The van der Waals surface area contributed by atoms with Crippen molar-refractivity contribution in [2.24, 2.45) is 5.73 Å². The quantitative estimate of drug-likeness (QED) is 0.408. The molecule has 1 aromatic rings. The average Bonchev–Trinajstić information content (AvgIpc) is 2.25. The van der Waals surface area contributed by atoms with E-state index in [9.17, 15) is 14.9 Å². The smallest absolute Gasteiger partial charge is 0.312 e. The lowest BCUT2D eigenvalue weighted by atomic mass is 10.3. The molecular weight excluding hydrogens is 250 g/mol. The van der Waals surface area contributed by atoms with Gasteiger partial charge in [0.2, 0.25) is 0 Å². The number of primary amides is 1. The molecule has 0 spiro atoms. The minimum Gasteiger partial charge on any atom is -0.376 e. The SMILES string of the molecule is NC(=O)NCCNc1c(Cl)cncc1[N+](=O)[O-]. The Morgan fingerprint density at radius 3 is 2.82 bits per heavy atom. The van der Waals surface area contributed by atoms with Gasteiger partial charge in [-0.3, -0.25) is 15.1 Å². The van der Waals surface area contributed by atoms with Gasteiger partial charge in [-0.1, -0.05) is 11.6 Å². The second-order valence-electron chi connectivity index (χ2n) is 2.99. The van der Waals surface area contributed by atoms with Gasteiger partial charge in [0.15, 0.2) is 0 Å². The second-order valence-corrected chi connectivity index (χ2v) is 3.40. The van der Waals surface area contributed by atoms with Crippen molar-refractivity contribution in [1.82, 2.24) is 10.3 Å². The van der Waals surface area contributed by atoms with Gasteiger partial charge in [-0.2, -0.15) is 0 Å². The van der Waals surface area contributed by atoms with E-state index in [1.54, 1.807) is 0 Å². The van der Waals surface area contributed by atoms with Crippen LogP contribution in [0.3, 0.4) is 0 Å². The Labute approximate surface area is 101 Å². The monoisotopic (exact) mass is 259 g/mol. The van der Waals surface area contributed by atoms with Gasteiger partial charge in [0.1, 0.15) is 11.9 Å². The summed E-state index contributed by atoms with van der Waals surface area (Å²) in [6, 6.07) is -0.665. The van der Waals surface area contributed by atoms with E-state index in [0.29, 0.717) is 0 Å². The lowest BCUT2D eigenvalue weighted by molar-refractivity contribution is -0.384. The maximum absolute atomic E-state index is 10.7. The predicted octanol–water partition coefficient (Wildman–Crippen LogP) is 0.723. The highest BCUT2D eigenvalue weighted by atomic mass is 35.5. The van der Waals surface area contributed by atoms with Crippen LogP contribution in [0.15, 0.2) is 12.4 Å². The minimum atomic E-state index is -0.665. The van der Waals surface area contributed by atoms with Crippen molar-refractivity contribution in [1.29, 1.82) is 0 Å². The van der Waals surface area contributed by atoms with E-state index in [-0.39, 0.29) is 29.5 Å². The fourth-order valence-electron chi connectivity index (χ4n) is 1.11. The van der Waals surface area contributed by atoms with E-state index in [1.807, 2.05) is 0 Å². The summed E-state index contributed by atoms with van der Waals surface area (Å²) in [6.45, 7) is 0.485. The molecule has 0 atom stereocenters. The van der Waals surface area contributed by atoms with Crippen molar-refractivity contribution in [2.45, 2.75) is 0 Å². The highest BCUT2D eigenvalue weighted by molar-refractivity contribution is 6.33. The van der Waals surface area contributed by atoms with Crippen LogP contribution < -0.4 is 16.4 Å². The number of nitrogens with one attached hydrogen (secondary N) is 2. The summed E-state index contributed by atoms with van der Waals surface area (Å²) in [5.74, 6) is 0. The van der Waals surface area contributed by atoms with Crippen LogP contribution in [0.25, 0.3) is 0 Å². The van der Waals surface area contributed by atoms with E-state index in [4.69, 9.17) is 17.3 Å². The van der Waals surface area contributed by atoms with Crippen molar-refractivity contribution in [3.8, 4) is 0 Å². The zero-order valence-electron chi connectivity index (χ0n) is 8.64. The van der Waals surface area contributed by atoms with E-state index >= 15 is 0 Å². The third kappa shape index (κ3) is 3.76. The van der Waals surface area contributed by atoms with Gasteiger partial charge < -0.3 is 16.4 Å². The molecule has 0 unspecified atom stereocenters. The standard InChI is InChI=1S/C8H10ClN5O3/c9-5-3-11-4-6(14(16)17)7(5)12-1-2-13-8(10)15/h3-4H,1-2H2,(H,11,12)(H3,10,13,15). The zero-order chi connectivity index (χ0) is 12.8. The van der Waals surface area contributed by atoms with Crippen LogP contribution in [0.5, 0.6) is 0 Å². The number of amides is 2. The number of pyridine rings is 1. The van der Waals surface area contributed by atoms with Gasteiger partial charge >= 0.3 is 11.7 Å². The van der Waals surface area contributed by atoms with E-state index < -0.39 is 11.0 Å². The third-order valence-corrected chi connectivity index (χ3v) is 2.09. The van der Waals surface area contributed by atoms with Crippen LogP contribution in [-0.2, 0) is 0 Å². The number of hydrogen-bond acceptors (Lipinski definition) is 5. The molecule has 0 aliphatic rings. The maximum atomic E-state index is 10.7. The molecule has 0 aliphatic heterocycles. The van der Waals surface area contributed by atoms with E-state index in [2.05, 4.69) is 15.6 Å². The molecule has 2 amide bonds. The van der Waals surface area contributed by atoms with Gasteiger partial charge in [-0.15, -0.1) is 0 Å². The highest BCUT2D eigenvalue weighted by Gasteiger charge is 2.16. The number of hydrogen-bond donors (Lipinski definition) is 3. The number of nitro groups is 1. The fraction of sp³-hybridized carbons (Fsp3) is 0.250. The first-order chi connectivity index (χ1) is 8.02. The number of nitrogens with two attached hydrogens (primary N) is 1. The highest BCUT2D eigenvalue weighted by Crippen LogP contribution is 2.30.